The van der Waals surface area contributed by atoms with E-state index in [4.69, 9.17) is 5.26 Å². The number of rotatable bonds is 3. The molecule has 1 saturated heterocycles. The monoisotopic (exact) mass is 268 g/mol. The smallest absolute Gasteiger partial charge is 0.101 e. The van der Waals surface area contributed by atoms with Gasteiger partial charge in [0.15, 0.2) is 0 Å². The molecule has 1 fully saturated rings. The average Bonchev–Trinajstić information content (AvgIpc) is 2.49. The molecule has 2 rings (SSSR count). The average molecular weight is 268 g/mol. The van der Waals surface area contributed by atoms with E-state index in [0.717, 1.165) is 43.9 Å². The van der Waals surface area contributed by atoms with Gasteiger partial charge in [-0.1, -0.05) is 13.0 Å². The summed E-state index contributed by atoms with van der Waals surface area (Å²) in [5, 5.41) is 18.4. The fourth-order valence-corrected chi connectivity index (χ4v) is 2.70. The van der Waals surface area contributed by atoms with Crippen LogP contribution in [0.25, 0.3) is 0 Å². The summed E-state index contributed by atoms with van der Waals surface area (Å²) in [7, 11) is 0. The van der Waals surface area contributed by atoms with E-state index in [2.05, 4.69) is 34.9 Å². The standard InChI is InChI=1S/C16H20N4/c1-3-15(12-18)19-6-8-20(9-7-19)16-10-13(2)4-5-14(16)11-17/h4-5,10,15H,3,6-9H2,1-2H3. The zero-order chi connectivity index (χ0) is 14.5. The molecule has 1 aromatic rings. The number of benzene rings is 1. The van der Waals surface area contributed by atoms with Gasteiger partial charge >= 0.3 is 0 Å². The lowest BCUT2D eigenvalue weighted by atomic mass is 10.1. The molecule has 0 saturated carbocycles. The maximum Gasteiger partial charge on any atom is 0.101 e. The van der Waals surface area contributed by atoms with Crippen molar-refractivity contribution < 1.29 is 0 Å². The zero-order valence-electron chi connectivity index (χ0n) is 12.1. The lowest BCUT2D eigenvalue weighted by Gasteiger charge is -2.38. The normalized spacial score (nSPS) is 17.3. The van der Waals surface area contributed by atoms with E-state index in [0.29, 0.717) is 0 Å². The maximum atomic E-state index is 9.23. The molecule has 4 nitrogen and oxygen atoms in total. The predicted octanol–water partition coefficient (Wildman–Crippen LogP) is 2.29. The van der Waals surface area contributed by atoms with E-state index in [1.807, 2.05) is 19.1 Å². The molecule has 1 aliphatic rings. The van der Waals surface area contributed by atoms with Gasteiger partial charge in [0.25, 0.3) is 0 Å². The summed E-state index contributed by atoms with van der Waals surface area (Å²) in [5.74, 6) is 0. The Hall–Kier alpha value is -2.04. The molecule has 0 radical (unpaired) electrons. The number of nitriles is 2. The molecule has 1 aliphatic heterocycles. The predicted molar refractivity (Wildman–Crippen MR) is 79.4 cm³/mol. The van der Waals surface area contributed by atoms with Gasteiger partial charge in [-0.2, -0.15) is 10.5 Å². The Balaban J connectivity index is 2.10. The zero-order valence-corrected chi connectivity index (χ0v) is 12.1. The highest BCUT2D eigenvalue weighted by molar-refractivity contribution is 5.61. The summed E-state index contributed by atoms with van der Waals surface area (Å²) in [6, 6.07) is 10.6. The van der Waals surface area contributed by atoms with Crippen LogP contribution in [0.15, 0.2) is 18.2 Å². The first kappa shape index (κ1) is 14.4. The van der Waals surface area contributed by atoms with Crippen LogP contribution in [0.3, 0.4) is 0 Å². The topological polar surface area (TPSA) is 54.1 Å². The number of anilines is 1. The van der Waals surface area contributed by atoms with Crippen LogP contribution in [0.1, 0.15) is 24.5 Å². The van der Waals surface area contributed by atoms with Crippen molar-refractivity contribution in [2.45, 2.75) is 26.3 Å². The van der Waals surface area contributed by atoms with E-state index in [1.54, 1.807) is 0 Å². The first-order valence-corrected chi connectivity index (χ1v) is 7.09. The van der Waals surface area contributed by atoms with E-state index < -0.39 is 0 Å². The van der Waals surface area contributed by atoms with Crippen LogP contribution in [0.4, 0.5) is 5.69 Å². The van der Waals surface area contributed by atoms with Crippen LogP contribution in [-0.4, -0.2) is 37.1 Å². The third-order valence-electron chi connectivity index (χ3n) is 3.91. The highest BCUT2D eigenvalue weighted by atomic mass is 15.3. The van der Waals surface area contributed by atoms with Crippen molar-refractivity contribution in [2.24, 2.45) is 0 Å². The van der Waals surface area contributed by atoms with Crippen LogP contribution in [-0.2, 0) is 0 Å². The second-order valence-corrected chi connectivity index (χ2v) is 5.21. The third-order valence-corrected chi connectivity index (χ3v) is 3.91. The maximum absolute atomic E-state index is 9.23. The molecule has 104 valence electrons. The summed E-state index contributed by atoms with van der Waals surface area (Å²) < 4.78 is 0. The van der Waals surface area contributed by atoms with Gasteiger partial charge in [0.05, 0.1) is 23.4 Å². The lowest BCUT2D eigenvalue weighted by molar-refractivity contribution is 0.216. The Bertz CT molecular complexity index is 545. The van der Waals surface area contributed by atoms with Gasteiger partial charge in [-0.25, -0.2) is 0 Å². The Morgan fingerprint density at radius 3 is 2.45 bits per heavy atom. The lowest BCUT2D eigenvalue weighted by Crippen LogP contribution is -2.50. The molecule has 0 N–H and O–H groups in total. The van der Waals surface area contributed by atoms with Gasteiger partial charge in [0.1, 0.15) is 6.07 Å². The minimum Gasteiger partial charge on any atom is -0.368 e. The quantitative estimate of drug-likeness (QED) is 0.844. The van der Waals surface area contributed by atoms with Crippen LogP contribution in [0.5, 0.6) is 0 Å². The van der Waals surface area contributed by atoms with E-state index >= 15 is 0 Å². The molecule has 1 aromatic carbocycles. The third kappa shape index (κ3) is 2.92. The number of aryl methyl sites for hydroxylation is 1. The number of hydrogen-bond acceptors (Lipinski definition) is 4. The van der Waals surface area contributed by atoms with Crippen LogP contribution in [0, 0.1) is 29.6 Å². The molecule has 1 atom stereocenters. The Labute approximate surface area is 120 Å². The minimum absolute atomic E-state index is 0.0186. The molecule has 0 bridgehead atoms. The Morgan fingerprint density at radius 2 is 1.90 bits per heavy atom. The van der Waals surface area contributed by atoms with Crippen LogP contribution < -0.4 is 4.90 Å². The number of piperazine rings is 1. The highest BCUT2D eigenvalue weighted by Crippen LogP contribution is 2.23. The van der Waals surface area contributed by atoms with Crippen molar-refractivity contribution in [3.63, 3.8) is 0 Å². The molecule has 0 aromatic heterocycles. The minimum atomic E-state index is 0.0186. The summed E-state index contributed by atoms with van der Waals surface area (Å²) in [4.78, 5) is 4.49. The SMILES string of the molecule is CCC(C#N)N1CCN(c2cc(C)ccc2C#N)CC1. The second-order valence-electron chi connectivity index (χ2n) is 5.21. The number of nitrogens with zero attached hydrogens (tertiary/aromatic N) is 4. The van der Waals surface area contributed by atoms with Crippen molar-refractivity contribution >= 4 is 5.69 Å². The van der Waals surface area contributed by atoms with Crippen molar-refractivity contribution in [1.29, 1.82) is 10.5 Å². The molecular weight excluding hydrogens is 248 g/mol. The van der Waals surface area contributed by atoms with Gasteiger partial charge in [0.2, 0.25) is 0 Å². The molecular formula is C16H20N4. The van der Waals surface area contributed by atoms with E-state index in [-0.39, 0.29) is 6.04 Å². The first-order chi connectivity index (χ1) is 9.69. The van der Waals surface area contributed by atoms with Crippen molar-refractivity contribution in [1.82, 2.24) is 4.90 Å². The molecule has 0 amide bonds. The molecule has 1 unspecified atom stereocenters. The summed E-state index contributed by atoms with van der Waals surface area (Å²) in [6.07, 6.45) is 0.865. The van der Waals surface area contributed by atoms with Gasteiger partial charge < -0.3 is 4.90 Å². The first-order valence-electron chi connectivity index (χ1n) is 7.09. The Morgan fingerprint density at radius 1 is 1.20 bits per heavy atom. The highest BCUT2D eigenvalue weighted by Gasteiger charge is 2.23. The van der Waals surface area contributed by atoms with Gasteiger partial charge in [-0.3, -0.25) is 4.90 Å². The van der Waals surface area contributed by atoms with E-state index in [9.17, 15) is 5.26 Å². The van der Waals surface area contributed by atoms with E-state index in [1.165, 1.54) is 5.56 Å². The van der Waals surface area contributed by atoms with Crippen molar-refractivity contribution in [2.75, 3.05) is 31.1 Å². The molecule has 0 aliphatic carbocycles. The summed E-state index contributed by atoms with van der Waals surface area (Å²) in [5.41, 5.74) is 2.93. The second kappa shape index (κ2) is 6.41. The molecule has 20 heavy (non-hydrogen) atoms. The summed E-state index contributed by atoms with van der Waals surface area (Å²) >= 11 is 0. The number of hydrogen-bond donors (Lipinski definition) is 0. The van der Waals surface area contributed by atoms with Gasteiger partial charge in [-0.15, -0.1) is 0 Å². The van der Waals surface area contributed by atoms with Gasteiger partial charge in [0, 0.05) is 26.2 Å². The summed E-state index contributed by atoms with van der Waals surface area (Å²) in [6.45, 7) is 7.60. The molecule has 0 spiro atoms. The van der Waals surface area contributed by atoms with Crippen LogP contribution in [0.2, 0.25) is 0 Å². The fraction of sp³-hybridized carbons (Fsp3) is 0.500. The van der Waals surface area contributed by atoms with Gasteiger partial charge in [-0.05, 0) is 31.0 Å². The van der Waals surface area contributed by atoms with Crippen LogP contribution >= 0.6 is 0 Å². The Kier molecular flexibility index (Phi) is 4.61. The molecule has 1 heterocycles. The van der Waals surface area contributed by atoms with Crippen molar-refractivity contribution in [3.8, 4) is 12.1 Å². The molecule has 4 heteroatoms. The largest absolute Gasteiger partial charge is 0.368 e. The van der Waals surface area contributed by atoms with Crippen molar-refractivity contribution in [3.05, 3.63) is 29.3 Å². The fourth-order valence-electron chi connectivity index (χ4n) is 2.70.